The fourth-order valence-corrected chi connectivity index (χ4v) is 1.89. The van der Waals surface area contributed by atoms with Crippen molar-refractivity contribution in [2.24, 2.45) is 7.05 Å². The number of rotatable bonds is 2. The van der Waals surface area contributed by atoms with Gasteiger partial charge in [0.1, 0.15) is 22.2 Å². The van der Waals surface area contributed by atoms with Gasteiger partial charge in [-0.1, -0.05) is 0 Å². The maximum atomic E-state index is 8.91. The van der Waals surface area contributed by atoms with Gasteiger partial charge in [0.15, 0.2) is 5.69 Å². The van der Waals surface area contributed by atoms with Crippen LogP contribution in [0.15, 0.2) is 28.9 Å². The van der Waals surface area contributed by atoms with E-state index in [9.17, 15) is 0 Å². The molecule has 1 aromatic carbocycles. The molecule has 17 heavy (non-hydrogen) atoms. The average Bonchev–Trinajstić information content (AvgIpc) is 2.66. The molecule has 0 N–H and O–H groups in total. The summed E-state index contributed by atoms with van der Waals surface area (Å²) in [6, 6.07) is 9.60. The predicted octanol–water partition coefficient (Wildman–Crippen LogP) is 2.73. The summed E-state index contributed by atoms with van der Waals surface area (Å²) in [6.45, 7) is 0. The Labute approximate surface area is 108 Å². The van der Waals surface area contributed by atoms with Gasteiger partial charge in [-0.3, -0.25) is 0 Å². The van der Waals surface area contributed by atoms with E-state index in [0.29, 0.717) is 10.3 Å². The zero-order valence-corrected chi connectivity index (χ0v) is 11.0. The monoisotopic (exact) mass is 291 g/mol. The highest BCUT2D eigenvalue weighted by molar-refractivity contribution is 9.10. The maximum Gasteiger partial charge on any atom is 0.173 e. The van der Waals surface area contributed by atoms with Crippen LogP contribution in [0.4, 0.5) is 0 Å². The topological polar surface area (TPSA) is 50.8 Å². The molecule has 0 aliphatic heterocycles. The SMILES string of the molecule is COc1ccc(-c2nc(C#N)c(Br)n2C)cc1. The summed E-state index contributed by atoms with van der Waals surface area (Å²) in [6.07, 6.45) is 0. The largest absolute Gasteiger partial charge is 0.497 e. The van der Waals surface area contributed by atoms with E-state index in [-0.39, 0.29) is 0 Å². The first-order valence-electron chi connectivity index (χ1n) is 4.94. The van der Waals surface area contributed by atoms with Gasteiger partial charge in [-0.05, 0) is 40.2 Å². The number of halogens is 1. The number of benzene rings is 1. The van der Waals surface area contributed by atoms with Gasteiger partial charge in [0.25, 0.3) is 0 Å². The fraction of sp³-hybridized carbons (Fsp3) is 0.167. The molecule has 0 amide bonds. The smallest absolute Gasteiger partial charge is 0.173 e. The number of methoxy groups -OCH3 is 1. The Morgan fingerprint density at radius 3 is 2.47 bits per heavy atom. The second-order valence-electron chi connectivity index (χ2n) is 3.47. The minimum Gasteiger partial charge on any atom is -0.497 e. The van der Waals surface area contributed by atoms with E-state index in [1.165, 1.54) is 0 Å². The minimum atomic E-state index is 0.387. The van der Waals surface area contributed by atoms with Gasteiger partial charge >= 0.3 is 0 Å². The van der Waals surface area contributed by atoms with Crippen LogP contribution in [0.25, 0.3) is 11.4 Å². The lowest BCUT2D eigenvalue weighted by atomic mass is 10.2. The predicted molar refractivity (Wildman–Crippen MR) is 67.6 cm³/mol. The van der Waals surface area contributed by atoms with Crippen LogP contribution in [0.1, 0.15) is 5.69 Å². The van der Waals surface area contributed by atoms with Gasteiger partial charge in [0.05, 0.1) is 7.11 Å². The summed E-state index contributed by atoms with van der Waals surface area (Å²) < 4.78 is 7.62. The van der Waals surface area contributed by atoms with Crippen LogP contribution in [0, 0.1) is 11.3 Å². The first-order valence-corrected chi connectivity index (χ1v) is 5.73. The quantitative estimate of drug-likeness (QED) is 0.855. The number of imidazole rings is 1. The molecular formula is C12H10BrN3O. The highest BCUT2D eigenvalue weighted by atomic mass is 79.9. The zero-order chi connectivity index (χ0) is 12.4. The van der Waals surface area contributed by atoms with Crippen LogP contribution >= 0.6 is 15.9 Å². The number of hydrogen-bond acceptors (Lipinski definition) is 3. The molecule has 0 radical (unpaired) electrons. The number of nitrogens with zero attached hydrogens (tertiary/aromatic N) is 3. The third-order valence-electron chi connectivity index (χ3n) is 2.48. The van der Waals surface area contributed by atoms with Crippen LogP contribution < -0.4 is 4.74 Å². The lowest BCUT2D eigenvalue weighted by Crippen LogP contribution is -1.92. The number of aromatic nitrogens is 2. The molecule has 4 nitrogen and oxygen atoms in total. The van der Waals surface area contributed by atoms with Crippen LogP contribution in [-0.2, 0) is 7.05 Å². The van der Waals surface area contributed by atoms with Crippen molar-refractivity contribution < 1.29 is 4.74 Å². The van der Waals surface area contributed by atoms with E-state index < -0.39 is 0 Å². The van der Waals surface area contributed by atoms with Crippen molar-refractivity contribution in [1.82, 2.24) is 9.55 Å². The molecule has 86 valence electrons. The third-order valence-corrected chi connectivity index (χ3v) is 3.39. The molecule has 0 aliphatic carbocycles. The highest BCUT2D eigenvalue weighted by Crippen LogP contribution is 2.26. The minimum absolute atomic E-state index is 0.387. The zero-order valence-electron chi connectivity index (χ0n) is 9.44. The Hall–Kier alpha value is -1.80. The summed E-state index contributed by atoms with van der Waals surface area (Å²) in [5, 5.41) is 8.91. The normalized spacial score (nSPS) is 10.0. The standard InChI is InChI=1S/C12H10BrN3O/c1-16-11(13)10(7-14)15-12(16)8-3-5-9(17-2)6-4-8/h3-6H,1-2H3. The Kier molecular flexibility index (Phi) is 3.16. The third kappa shape index (κ3) is 2.04. The Morgan fingerprint density at radius 2 is 2.00 bits per heavy atom. The maximum absolute atomic E-state index is 8.91. The molecule has 0 unspecified atom stereocenters. The van der Waals surface area contributed by atoms with Crippen molar-refractivity contribution in [2.75, 3.05) is 7.11 Å². The first-order chi connectivity index (χ1) is 8.17. The molecule has 2 rings (SSSR count). The number of ether oxygens (including phenoxy) is 1. The Morgan fingerprint density at radius 1 is 1.35 bits per heavy atom. The van der Waals surface area contributed by atoms with E-state index in [0.717, 1.165) is 17.1 Å². The van der Waals surface area contributed by atoms with Crippen LogP contribution in [0.5, 0.6) is 5.75 Å². The Balaban J connectivity index is 2.50. The van der Waals surface area contributed by atoms with E-state index in [1.54, 1.807) is 7.11 Å². The first kappa shape index (κ1) is 11.7. The number of nitriles is 1. The van der Waals surface area contributed by atoms with Crippen LogP contribution in [-0.4, -0.2) is 16.7 Å². The van der Waals surface area contributed by atoms with Crippen molar-refractivity contribution in [3.8, 4) is 23.2 Å². The average molecular weight is 292 g/mol. The molecule has 0 saturated heterocycles. The molecule has 1 heterocycles. The van der Waals surface area contributed by atoms with Gasteiger partial charge in [-0.2, -0.15) is 5.26 Å². The van der Waals surface area contributed by atoms with Crippen molar-refractivity contribution in [3.63, 3.8) is 0 Å². The molecule has 0 saturated carbocycles. The van der Waals surface area contributed by atoms with E-state index >= 15 is 0 Å². The van der Waals surface area contributed by atoms with E-state index in [1.807, 2.05) is 41.9 Å². The van der Waals surface area contributed by atoms with Gasteiger partial charge < -0.3 is 9.30 Å². The van der Waals surface area contributed by atoms with Crippen molar-refractivity contribution in [2.45, 2.75) is 0 Å². The molecule has 0 fully saturated rings. The molecule has 0 aliphatic rings. The second-order valence-corrected chi connectivity index (χ2v) is 4.23. The van der Waals surface area contributed by atoms with Crippen molar-refractivity contribution in [3.05, 3.63) is 34.6 Å². The van der Waals surface area contributed by atoms with Crippen LogP contribution in [0.2, 0.25) is 0 Å². The molecular weight excluding hydrogens is 282 g/mol. The fourth-order valence-electron chi connectivity index (χ4n) is 1.55. The van der Waals surface area contributed by atoms with Gasteiger partial charge in [-0.25, -0.2) is 4.98 Å². The van der Waals surface area contributed by atoms with Gasteiger partial charge in [0.2, 0.25) is 0 Å². The molecule has 5 heteroatoms. The lowest BCUT2D eigenvalue weighted by Gasteiger charge is -2.03. The van der Waals surface area contributed by atoms with Gasteiger partial charge in [-0.15, -0.1) is 0 Å². The molecule has 0 bridgehead atoms. The summed E-state index contributed by atoms with van der Waals surface area (Å²) in [5.74, 6) is 1.54. The second kappa shape index (κ2) is 4.60. The summed E-state index contributed by atoms with van der Waals surface area (Å²) in [4.78, 5) is 4.27. The van der Waals surface area contributed by atoms with E-state index in [4.69, 9.17) is 10.00 Å². The van der Waals surface area contributed by atoms with Crippen molar-refractivity contribution >= 4 is 15.9 Å². The summed E-state index contributed by atoms with van der Waals surface area (Å²) in [7, 11) is 3.48. The Bertz CT molecular complexity index is 581. The van der Waals surface area contributed by atoms with Crippen molar-refractivity contribution in [1.29, 1.82) is 5.26 Å². The summed E-state index contributed by atoms with van der Waals surface area (Å²) in [5.41, 5.74) is 1.33. The summed E-state index contributed by atoms with van der Waals surface area (Å²) >= 11 is 3.34. The molecule has 1 aromatic heterocycles. The van der Waals surface area contributed by atoms with Crippen LogP contribution in [0.3, 0.4) is 0 Å². The van der Waals surface area contributed by atoms with Gasteiger partial charge in [0, 0.05) is 12.6 Å². The number of hydrogen-bond donors (Lipinski definition) is 0. The molecule has 0 spiro atoms. The molecule has 2 aromatic rings. The van der Waals surface area contributed by atoms with E-state index in [2.05, 4.69) is 20.9 Å². The lowest BCUT2D eigenvalue weighted by molar-refractivity contribution is 0.415. The highest BCUT2D eigenvalue weighted by Gasteiger charge is 2.13. The molecule has 0 atom stereocenters.